The average molecular weight is 484 g/mol. The SMILES string of the molecule is Cc1nonc1C(=O)NC(C(=O)Nc1cn(C(C)c2ccn[nH]c2=O)nc1F)C(C1CC1)C1CC1. The number of aryl methyl sites for hydroxylation is 1. The zero-order valence-corrected chi connectivity index (χ0v) is 19.2. The predicted molar refractivity (Wildman–Crippen MR) is 119 cm³/mol. The van der Waals surface area contributed by atoms with Crippen LogP contribution in [0.2, 0.25) is 0 Å². The van der Waals surface area contributed by atoms with Crippen molar-refractivity contribution in [2.24, 2.45) is 17.8 Å². The van der Waals surface area contributed by atoms with E-state index in [0.717, 1.165) is 25.7 Å². The summed E-state index contributed by atoms with van der Waals surface area (Å²) in [4.78, 5) is 38.3. The second-order valence-electron chi connectivity index (χ2n) is 9.22. The molecule has 2 saturated carbocycles. The zero-order chi connectivity index (χ0) is 24.7. The van der Waals surface area contributed by atoms with Gasteiger partial charge in [-0.2, -0.15) is 9.49 Å². The lowest BCUT2D eigenvalue weighted by Crippen LogP contribution is -2.50. The van der Waals surface area contributed by atoms with Crippen molar-refractivity contribution in [1.29, 1.82) is 0 Å². The summed E-state index contributed by atoms with van der Waals surface area (Å²) < 4.78 is 20.6. The quantitative estimate of drug-likeness (QED) is 0.412. The van der Waals surface area contributed by atoms with Crippen molar-refractivity contribution in [3.63, 3.8) is 0 Å². The maximum atomic E-state index is 14.7. The Kier molecular flexibility index (Phi) is 5.91. The number of nitrogens with zero attached hydrogens (tertiary/aromatic N) is 5. The number of halogens is 1. The van der Waals surface area contributed by atoms with Gasteiger partial charge in [0.1, 0.15) is 17.4 Å². The minimum absolute atomic E-state index is 0.00328. The van der Waals surface area contributed by atoms with E-state index < -0.39 is 35.4 Å². The highest BCUT2D eigenvalue weighted by atomic mass is 19.1. The van der Waals surface area contributed by atoms with Gasteiger partial charge in [-0.3, -0.25) is 19.1 Å². The number of hydrogen-bond donors (Lipinski definition) is 3. The van der Waals surface area contributed by atoms with Crippen LogP contribution >= 0.6 is 0 Å². The molecule has 5 rings (SSSR count). The molecule has 12 nitrogen and oxygen atoms in total. The van der Waals surface area contributed by atoms with Gasteiger partial charge in [-0.15, -0.1) is 5.10 Å². The first-order valence-corrected chi connectivity index (χ1v) is 11.5. The molecule has 0 spiro atoms. The van der Waals surface area contributed by atoms with E-state index in [-0.39, 0.29) is 17.3 Å². The van der Waals surface area contributed by atoms with E-state index in [4.69, 9.17) is 0 Å². The second kappa shape index (κ2) is 9.04. The van der Waals surface area contributed by atoms with Crippen molar-refractivity contribution in [2.75, 3.05) is 5.32 Å². The van der Waals surface area contributed by atoms with Crippen molar-refractivity contribution in [3.8, 4) is 0 Å². The van der Waals surface area contributed by atoms with Crippen LogP contribution in [0, 0.1) is 30.6 Å². The van der Waals surface area contributed by atoms with Crippen molar-refractivity contribution >= 4 is 17.5 Å². The molecule has 0 saturated heterocycles. The Labute approximate surface area is 198 Å². The van der Waals surface area contributed by atoms with Gasteiger partial charge in [-0.1, -0.05) is 5.16 Å². The van der Waals surface area contributed by atoms with Crippen molar-refractivity contribution < 1.29 is 18.6 Å². The molecule has 2 atom stereocenters. The van der Waals surface area contributed by atoms with E-state index >= 15 is 0 Å². The van der Waals surface area contributed by atoms with E-state index in [2.05, 4.69) is 40.9 Å². The molecule has 35 heavy (non-hydrogen) atoms. The molecule has 3 aromatic heterocycles. The van der Waals surface area contributed by atoms with E-state index in [1.54, 1.807) is 13.8 Å². The van der Waals surface area contributed by atoms with Gasteiger partial charge in [-0.05, 0) is 68.5 Å². The Morgan fingerprint density at radius 2 is 1.94 bits per heavy atom. The Morgan fingerprint density at radius 1 is 1.23 bits per heavy atom. The number of nitrogens with one attached hydrogen (secondary N) is 3. The van der Waals surface area contributed by atoms with Crippen LogP contribution in [-0.4, -0.2) is 48.1 Å². The summed E-state index contributed by atoms with van der Waals surface area (Å²) in [6, 6.07) is 0.0244. The normalized spacial score (nSPS) is 17.3. The molecule has 0 aromatic carbocycles. The molecule has 3 heterocycles. The monoisotopic (exact) mass is 484 g/mol. The highest BCUT2D eigenvalue weighted by Gasteiger charge is 2.48. The summed E-state index contributed by atoms with van der Waals surface area (Å²) in [5.41, 5.74) is 0.0893. The average Bonchev–Trinajstić information content (AvgIpc) is 3.76. The standard InChI is InChI=1S/C22H25FN8O4/c1-10-17(30-35-29-10)21(33)26-18(16(12-3-4-12)13-5-6-13)22(34)25-15-9-31(28-19(15)23)11(2)14-7-8-24-27-20(14)32/h7-9,11-13,16,18H,3-6H2,1-2H3,(H,25,34)(H,26,33)(H,27,32). The smallest absolute Gasteiger partial charge is 0.276 e. The highest BCUT2D eigenvalue weighted by Crippen LogP contribution is 2.51. The first-order chi connectivity index (χ1) is 16.8. The number of hydrogen-bond acceptors (Lipinski definition) is 8. The van der Waals surface area contributed by atoms with Gasteiger partial charge in [0.25, 0.3) is 17.4 Å². The third kappa shape index (κ3) is 4.70. The van der Waals surface area contributed by atoms with Crippen LogP contribution in [0.4, 0.5) is 10.1 Å². The second-order valence-corrected chi connectivity index (χ2v) is 9.22. The van der Waals surface area contributed by atoms with E-state index in [1.807, 2.05) is 0 Å². The summed E-state index contributed by atoms with van der Waals surface area (Å²) in [5, 5.41) is 22.5. The van der Waals surface area contributed by atoms with Crippen molar-refractivity contribution in [3.05, 3.63) is 51.7 Å². The molecule has 3 N–H and O–H groups in total. The minimum Gasteiger partial charge on any atom is -0.338 e. The van der Waals surface area contributed by atoms with Gasteiger partial charge >= 0.3 is 0 Å². The van der Waals surface area contributed by atoms with Crippen LogP contribution < -0.4 is 16.2 Å². The third-order valence-corrected chi connectivity index (χ3v) is 6.70. The summed E-state index contributed by atoms with van der Waals surface area (Å²) in [6.07, 6.45) is 6.67. The maximum Gasteiger partial charge on any atom is 0.276 e. The molecule has 2 amide bonds. The number of aromatic nitrogens is 6. The molecule has 0 bridgehead atoms. The molecule has 184 valence electrons. The van der Waals surface area contributed by atoms with Gasteiger partial charge < -0.3 is 10.6 Å². The fraction of sp³-hybridized carbons (Fsp3) is 0.500. The number of anilines is 1. The largest absolute Gasteiger partial charge is 0.338 e. The first kappa shape index (κ1) is 22.9. The van der Waals surface area contributed by atoms with Crippen LogP contribution in [0.3, 0.4) is 0 Å². The van der Waals surface area contributed by atoms with E-state index in [9.17, 15) is 18.8 Å². The minimum atomic E-state index is -0.897. The number of carbonyl (C=O) groups is 2. The molecule has 2 unspecified atom stereocenters. The van der Waals surface area contributed by atoms with Crippen LogP contribution in [0.1, 0.15) is 60.4 Å². The van der Waals surface area contributed by atoms with E-state index in [1.165, 1.54) is 23.1 Å². The summed E-state index contributed by atoms with van der Waals surface area (Å²) in [5.74, 6) is -1.43. The molecular formula is C22H25FN8O4. The molecular weight excluding hydrogens is 459 g/mol. The Balaban J connectivity index is 1.38. The lowest BCUT2D eigenvalue weighted by atomic mass is 9.88. The number of aromatic amines is 1. The molecule has 2 fully saturated rings. The van der Waals surface area contributed by atoms with Crippen molar-refractivity contribution in [1.82, 2.24) is 35.6 Å². The van der Waals surface area contributed by atoms with E-state index in [0.29, 0.717) is 23.1 Å². The predicted octanol–water partition coefficient (Wildman–Crippen LogP) is 1.58. The maximum absolute atomic E-state index is 14.7. The number of H-pyrrole nitrogens is 1. The fourth-order valence-corrected chi connectivity index (χ4v) is 4.56. The van der Waals surface area contributed by atoms with Gasteiger partial charge in [0.15, 0.2) is 5.69 Å². The summed E-state index contributed by atoms with van der Waals surface area (Å²) in [6.45, 7) is 3.26. The summed E-state index contributed by atoms with van der Waals surface area (Å²) >= 11 is 0. The van der Waals surface area contributed by atoms with Crippen molar-refractivity contribution in [2.45, 2.75) is 51.6 Å². The molecule has 13 heteroatoms. The van der Waals surface area contributed by atoms with Gasteiger partial charge in [-0.25, -0.2) is 9.73 Å². The summed E-state index contributed by atoms with van der Waals surface area (Å²) in [7, 11) is 0. The number of rotatable bonds is 9. The topological polar surface area (TPSA) is 161 Å². The van der Waals surface area contributed by atoms with Crippen LogP contribution in [-0.2, 0) is 4.79 Å². The highest BCUT2D eigenvalue weighted by molar-refractivity contribution is 6.01. The lowest BCUT2D eigenvalue weighted by molar-refractivity contribution is -0.119. The van der Waals surface area contributed by atoms with Crippen LogP contribution in [0.25, 0.3) is 0 Å². The Morgan fingerprint density at radius 3 is 2.54 bits per heavy atom. The Hall–Kier alpha value is -3.90. The van der Waals surface area contributed by atoms with Gasteiger partial charge in [0, 0.05) is 11.8 Å². The molecule has 0 radical (unpaired) electrons. The third-order valence-electron chi connectivity index (χ3n) is 6.70. The molecule has 3 aromatic rings. The molecule has 2 aliphatic carbocycles. The molecule has 2 aliphatic rings. The Bertz CT molecular complexity index is 1300. The van der Waals surface area contributed by atoms with Gasteiger partial charge in [0.2, 0.25) is 5.91 Å². The first-order valence-electron chi connectivity index (χ1n) is 11.5. The van der Waals surface area contributed by atoms with Gasteiger partial charge in [0.05, 0.1) is 12.2 Å². The number of carbonyl (C=O) groups excluding carboxylic acids is 2. The van der Waals surface area contributed by atoms with Crippen LogP contribution in [0.5, 0.6) is 0 Å². The zero-order valence-electron chi connectivity index (χ0n) is 19.2. The molecule has 0 aliphatic heterocycles. The fourth-order valence-electron chi connectivity index (χ4n) is 4.56. The van der Waals surface area contributed by atoms with Crippen LogP contribution in [0.15, 0.2) is 27.9 Å². The number of amides is 2. The lowest BCUT2D eigenvalue weighted by Gasteiger charge is -2.27.